The minimum absolute atomic E-state index is 0.0989. The van der Waals surface area contributed by atoms with Crippen LogP contribution >= 0.6 is 0 Å². The number of rotatable bonds is 26. The van der Waals surface area contributed by atoms with E-state index in [9.17, 15) is 38.4 Å². The smallest absolute Gasteiger partial charge is 0.251 e. The monoisotopic (exact) mass is 981 g/mol. The molecule has 3 aromatic carbocycles. The van der Waals surface area contributed by atoms with E-state index in [1.807, 2.05) is 60.7 Å². The normalized spacial score (nSPS) is 14.6. The lowest BCUT2D eigenvalue weighted by molar-refractivity contribution is -0.142. The zero-order valence-electron chi connectivity index (χ0n) is 40.4. The summed E-state index contributed by atoms with van der Waals surface area (Å²) in [5, 5.41) is 19.1. The van der Waals surface area contributed by atoms with Gasteiger partial charge >= 0.3 is 0 Å². The third kappa shape index (κ3) is 19.1. The largest absolute Gasteiger partial charge is 0.370 e. The molecular weight excluding hydrogens is 913 g/mol. The first kappa shape index (κ1) is 55.6. The van der Waals surface area contributed by atoms with Gasteiger partial charge in [-0.15, -0.1) is 0 Å². The van der Waals surface area contributed by atoms with E-state index < -0.39 is 71.6 Å². The predicted molar refractivity (Wildman–Crippen MR) is 269 cm³/mol. The van der Waals surface area contributed by atoms with E-state index in [0.29, 0.717) is 12.8 Å². The highest BCUT2D eigenvalue weighted by atomic mass is 16.2. The average molecular weight is 981 g/mol. The quantitative estimate of drug-likeness (QED) is 0.0279. The number of amides is 8. The zero-order chi connectivity index (χ0) is 51.9. The van der Waals surface area contributed by atoms with E-state index in [-0.39, 0.29) is 99.8 Å². The lowest BCUT2D eigenvalue weighted by Crippen LogP contribution is -2.56. The number of nitrogens with zero attached hydrogens (tertiary/aromatic N) is 3. The number of likely N-dealkylation sites (tertiary alicyclic amines) is 1. The molecule has 22 heteroatoms. The molecule has 0 bridgehead atoms. The number of nitrogens with one attached hydrogen (secondary N) is 7. The number of benzene rings is 3. The van der Waals surface area contributed by atoms with Crippen molar-refractivity contribution in [1.82, 2.24) is 36.8 Å². The van der Waals surface area contributed by atoms with E-state index >= 15 is 0 Å². The lowest BCUT2D eigenvalue weighted by atomic mass is 10.0. The Morgan fingerprint density at radius 3 is 1.83 bits per heavy atom. The Bertz CT molecular complexity index is 2340. The Kier molecular flexibility index (Phi) is 22.3. The molecular formula is C49H68N14O8. The van der Waals surface area contributed by atoms with E-state index in [0.717, 1.165) is 11.1 Å². The third-order valence-corrected chi connectivity index (χ3v) is 11.4. The number of hydrogen-bond donors (Lipinski definition) is 11. The molecule has 8 amide bonds. The van der Waals surface area contributed by atoms with Gasteiger partial charge in [0.15, 0.2) is 11.9 Å². The van der Waals surface area contributed by atoms with E-state index in [4.69, 9.17) is 22.9 Å². The number of carbonyl (C=O) groups excluding carboxylic acids is 8. The van der Waals surface area contributed by atoms with Crippen molar-refractivity contribution >= 4 is 64.9 Å². The topological polar surface area (TPSA) is 353 Å². The molecule has 1 heterocycles. The molecule has 22 nitrogen and oxygen atoms in total. The van der Waals surface area contributed by atoms with Crippen molar-refractivity contribution in [2.24, 2.45) is 38.8 Å². The SMILES string of the molecule is CC(=O)NCC(=O)NC(CCCN=C(N)N)C(=O)N1CCCC1C(=O)NC(CCCN=C(N)N)C(=O)Nc1ccc(C(=O)NC(C(=O)NC(Cc2ccccc2)C(=O)NCc2ccccc2)C(C)C)cc1. The summed E-state index contributed by atoms with van der Waals surface area (Å²) in [4.78, 5) is 116. The fourth-order valence-corrected chi connectivity index (χ4v) is 7.68. The second-order valence-corrected chi connectivity index (χ2v) is 17.4. The van der Waals surface area contributed by atoms with Crippen molar-refractivity contribution in [3.63, 3.8) is 0 Å². The molecule has 1 aliphatic rings. The number of anilines is 1. The van der Waals surface area contributed by atoms with Gasteiger partial charge in [-0.2, -0.15) is 0 Å². The summed E-state index contributed by atoms with van der Waals surface area (Å²) in [7, 11) is 0. The fraction of sp³-hybridized carbons (Fsp3) is 0.429. The maximum atomic E-state index is 14.0. The second-order valence-electron chi connectivity index (χ2n) is 17.4. The van der Waals surface area contributed by atoms with Crippen LogP contribution in [0.3, 0.4) is 0 Å². The Labute approximate surface area is 413 Å². The number of carbonyl (C=O) groups is 8. The van der Waals surface area contributed by atoms with Crippen LogP contribution in [0.2, 0.25) is 0 Å². The van der Waals surface area contributed by atoms with Gasteiger partial charge in [0.1, 0.15) is 30.2 Å². The highest BCUT2D eigenvalue weighted by Gasteiger charge is 2.39. The van der Waals surface area contributed by atoms with Crippen LogP contribution in [-0.2, 0) is 46.5 Å². The van der Waals surface area contributed by atoms with Gasteiger partial charge in [0.2, 0.25) is 41.4 Å². The average Bonchev–Trinajstić information content (AvgIpc) is 3.84. The maximum absolute atomic E-state index is 14.0. The third-order valence-electron chi connectivity index (χ3n) is 11.4. The van der Waals surface area contributed by atoms with Gasteiger partial charge in [-0.1, -0.05) is 74.5 Å². The molecule has 0 saturated carbocycles. The van der Waals surface area contributed by atoms with Crippen LogP contribution in [0.1, 0.15) is 80.8 Å². The molecule has 5 atom stereocenters. The molecule has 15 N–H and O–H groups in total. The van der Waals surface area contributed by atoms with Crippen LogP contribution in [-0.4, -0.2) is 120 Å². The second kappa shape index (κ2) is 28.5. The van der Waals surface area contributed by atoms with Crippen molar-refractivity contribution < 1.29 is 38.4 Å². The first-order chi connectivity index (χ1) is 33.9. The number of aliphatic imine (C=N–C) groups is 2. The molecule has 0 aromatic heterocycles. The molecule has 1 saturated heterocycles. The van der Waals surface area contributed by atoms with Crippen molar-refractivity contribution in [2.45, 2.75) is 102 Å². The Hall–Kier alpha value is -8.04. The number of nitrogens with two attached hydrogens (primary N) is 4. The lowest BCUT2D eigenvalue weighted by Gasteiger charge is -2.30. The molecule has 4 rings (SSSR count). The van der Waals surface area contributed by atoms with Gasteiger partial charge < -0.3 is 65.1 Å². The summed E-state index contributed by atoms with van der Waals surface area (Å²) in [6, 6.07) is 19.4. The van der Waals surface area contributed by atoms with Gasteiger partial charge in [-0.3, -0.25) is 48.3 Å². The van der Waals surface area contributed by atoms with Gasteiger partial charge in [-0.05, 0) is 79.8 Å². The first-order valence-corrected chi connectivity index (χ1v) is 23.5. The van der Waals surface area contributed by atoms with Crippen LogP contribution in [0.5, 0.6) is 0 Å². The van der Waals surface area contributed by atoms with Gasteiger partial charge in [-0.25, -0.2) is 0 Å². The molecule has 0 spiro atoms. The standard InChI is InChI=1S/C49H68N14O8/c1-30(2)41(46(70)61-38(27-32-13-6-4-7-14-32)43(67)57-28-33-15-8-5-9-16-33)62-42(66)34-20-22-35(23-21-34)58-44(68)36(17-10-24-54-48(50)51)60-45(69)39-19-12-26-63(39)47(71)37(18-11-25-55-49(52)53)59-40(65)29-56-31(3)64/h4-9,13-16,20-23,30,36-39,41H,10-12,17-19,24-29H2,1-3H3,(H,56,64)(H,57,67)(H,58,68)(H,59,65)(H,60,69)(H,61,70)(H,62,66)(H4,50,51,54)(H4,52,53,55). The summed E-state index contributed by atoms with van der Waals surface area (Å²) in [6.07, 6.45) is 1.79. The van der Waals surface area contributed by atoms with Gasteiger partial charge in [0, 0.05) is 50.8 Å². The molecule has 0 radical (unpaired) electrons. The minimum Gasteiger partial charge on any atom is -0.370 e. The van der Waals surface area contributed by atoms with Crippen LogP contribution < -0.4 is 60.2 Å². The summed E-state index contributed by atoms with van der Waals surface area (Å²) >= 11 is 0. The van der Waals surface area contributed by atoms with Crippen molar-refractivity contribution in [2.75, 3.05) is 31.5 Å². The molecule has 1 fully saturated rings. The summed E-state index contributed by atoms with van der Waals surface area (Å²) in [5.74, 6) is -4.95. The van der Waals surface area contributed by atoms with Gasteiger partial charge in [0.05, 0.1) is 6.54 Å². The van der Waals surface area contributed by atoms with E-state index in [1.165, 1.54) is 36.1 Å². The fourth-order valence-electron chi connectivity index (χ4n) is 7.68. The Morgan fingerprint density at radius 1 is 0.662 bits per heavy atom. The Morgan fingerprint density at radius 2 is 1.25 bits per heavy atom. The Balaban J connectivity index is 1.44. The molecule has 1 aliphatic heterocycles. The first-order valence-electron chi connectivity index (χ1n) is 23.5. The summed E-state index contributed by atoms with van der Waals surface area (Å²) in [5.41, 5.74) is 24.1. The van der Waals surface area contributed by atoms with Crippen LogP contribution in [0, 0.1) is 5.92 Å². The number of hydrogen-bond acceptors (Lipinski definition) is 10. The molecule has 5 unspecified atom stereocenters. The van der Waals surface area contributed by atoms with Crippen LogP contribution in [0.15, 0.2) is 94.9 Å². The maximum Gasteiger partial charge on any atom is 0.251 e. The van der Waals surface area contributed by atoms with Crippen LogP contribution in [0.25, 0.3) is 0 Å². The van der Waals surface area contributed by atoms with Crippen LogP contribution in [0.4, 0.5) is 5.69 Å². The summed E-state index contributed by atoms with van der Waals surface area (Å²) < 4.78 is 0. The van der Waals surface area contributed by atoms with Crippen molar-refractivity contribution in [3.8, 4) is 0 Å². The van der Waals surface area contributed by atoms with Gasteiger partial charge in [0.25, 0.3) is 5.91 Å². The van der Waals surface area contributed by atoms with Crippen molar-refractivity contribution in [1.29, 1.82) is 0 Å². The summed E-state index contributed by atoms with van der Waals surface area (Å²) in [6.45, 7) is 5.22. The zero-order valence-corrected chi connectivity index (χ0v) is 40.4. The highest BCUT2D eigenvalue weighted by molar-refractivity contribution is 6.01. The molecule has 0 aliphatic carbocycles. The van der Waals surface area contributed by atoms with E-state index in [1.54, 1.807) is 13.8 Å². The van der Waals surface area contributed by atoms with E-state index in [2.05, 4.69) is 47.2 Å². The van der Waals surface area contributed by atoms with Crippen molar-refractivity contribution in [3.05, 3.63) is 102 Å². The highest BCUT2D eigenvalue weighted by Crippen LogP contribution is 2.21. The number of guanidine groups is 2. The molecule has 3 aromatic rings. The minimum atomic E-state index is -1.12. The molecule has 382 valence electrons. The molecule has 71 heavy (non-hydrogen) atoms. The predicted octanol–water partition coefficient (Wildman–Crippen LogP) is -0.373.